The molecule has 1 fully saturated rings. The first kappa shape index (κ1) is 17.9. The number of hydrogen-bond donors (Lipinski definition) is 1. The Morgan fingerprint density at radius 2 is 1.95 bits per heavy atom. The van der Waals surface area contributed by atoms with Crippen LogP contribution in [0.3, 0.4) is 0 Å². The fourth-order valence-corrected chi connectivity index (χ4v) is 3.20. The first-order chi connectivity index (χ1) is 9.59. The predicted octanol–water partition coefficient (Wildman–Crippen LogP) is 0.783. The molecule has 1 saturated heterocycles. The molecule has 0 spiro atoms. The molecular weight excluding hydrogens is 254 g/mol. The van der Waals surface area contributed by atoms with Crippen molar-refractivity contribution in [1.29, 1.82) is 0 Å². The summed E-state index contributed by atoms with van der Waals surface area (Å²) in [5.41, 5.74) is 6.31. The molecule has 0 radical (unpaired) electrons. The Labute approximate surface area is 124 Å². The summed E-state index contributed by atoms with van der Waals surface area (Å²) in [4.78, 5) is 4.97. The number of likely N-dealkylation sites (tertiary alicyclic amines) is 1. The van der Waals surface area contributed by atoms with Crippen molar-refractivity contribution in [2.75, 3.05) is 60.7 Å². The number of rotatable bonds is 9. The average Bonchev–Trinajstić information content (AvgIpc) is 2.46. The Morgan fingerprint density at radius 3 is 2.50 bits per heavy atom. The highest BCUT2D eigenvalue weighted by Gasteiger charge is 2.40. The maximum atomic E-state index is 6.19. The van der Waals surface area contributed by atoms with E-state index in [0.717, 1.165) is 58.7 Å². The number of nitrogens with zero attached hydrogens (tertiary/aromatic N) is 2. The molecule has 0 aromatic carbocycles. The first-order valence-electron chi connectivity index (χ1n) is 7.73. The van der Waals surface area contributed by atoms with E-state index in [1.54, 1.807) is 14.2 Å². The van der Waals surface area contributed by atoms with Crippen molar-refractivity contribution in [2.24, 2.45) is 5.73 Å². The van der Waals surface area contributed by atoms with Crippen LogP contribution in [0.25, 0.3) is 0 Å². The van der Waals surface area contributed by atoms with E-state index in [0.29, 0.717) is 6.04 Å². The number of hydrogen-bond acceptors (Lipinski definition) is 5. The summed E-state index contributed by atoms with van der Waals surface area (Å²) in [6, 6.07) is 0.583. The molecular formula is C15H33N3O2. The lowest BCUT2D eigenvalue weighted by Crippen LogP contribution is -2.61. The van der Waals surface area contributed by atoms with Gasteiger partial charge in [-0.15, -0.1) is 0 Å². The van der Waals surface area contributed by atoms with E-state index in [1.807, 2.05) is 0 Å². The first-order valence-corrected chi connectivity index (χ1v) is 7.73. The van der Waals surface area contributed by atoms with Gasteiger partial charge >= 0.3 is 0 Å². The summed E-state index contributed by atoms with van der Waals surface area (Å²) in [6.45, 7) is 7.69. The largest absolute Gasteiger partial charge is 0.385 e. The van der Waals surface area contributed by atoms with Gasteiger partial charge in [0.05, 0.1) is 6.61 Å². The summed E-state index contributed by atoms with van der Waals surface area (Å²) in [7, 11) is 5.73. The predicted molar refractivity (Wildman–Crippen MR) is 83.1 cm³/mol. The lowest BCUT2D eigenvalue weighted by molar-refractivity contribution is -0.00647. The molecule has 2 atom stereocenters. The molecule has 0 aromatic heterocycles. The van der Waals surface area contributed by atoms with E-state index in [-0.39, 0.29) is 5.54 Å². The van der Waals surface area contributed by atoms with Crippen LogP contribution >= 0.6 is 0 Å². The van der Waals surface area contributed by atoms with E-state index in [4.69, 9.17) is 15.2 Å². The summed E-state index contributed by atoms with van der Waals surface area (Å²) >= 11 is 0. The highest BCUT2D eigenvalue weighted by molar-refractivity contribution is 4.98. The molecule has 0 aromatic rings. The molecule has 120 valence electrons. The van der Waals surface area contributed by atoms with Crippen molar-refractivity contribution >= 4 is 0 Å². The highest BCUT2D eigenvalue weighted by Crippen LogP contribution is 2.31. The maximum Gasteiger partial charge on any atom is 0.0589 e. The third-order valence-electron chi connectivity index (χ3n) is 4.75. The highest BCUT2D eigenvalue weighted by atomic mass is 16.5. The standard InChI is InChI=1S/C15H33N3O2/c1-14-12-15(13-16,6-8-17(14)2)18(9-11-20-4)7-5-10-19-3/h14H,5-13,16H2,1-4H3. The lowest BCUT2D eigenvalue weighted by Gasteiger charge is -2.50. The van der Waals surface area contributed by atoms with E-state index in [2.05, 4.69) is 23.8 Å². The Kier molecular flexibility index (Phi) is 7.99. The fraction of sp³-hybridized carbons (Fsp3) is 1.00. The second-order valence-corrected chi connectivity index (χ2v) is 6.04. The van der Waals surface area contributed by atoms with Gasteiger partial charge < -0.3 is 20.1 Å². The van der Waals surface area contributed by atoms with Gasteiger partial charge in [-0.1, -0.05) is 0 Å². The van der Waals surface area contributed by atoms with Crippen LogP contribution < -0.4 is 5.73 Å². The van der Waals surface area contributed by atoms with Gasteiger partial charge in [-0.2, -0.15) is 0 Å². The Morgan fingerprint density at radius 1 is 1.25 bits per heavy atom. The zero-order chi connectivity index (χ0) is 15.0. The second-order valence-electron chi connectivity index (χ2n) is 6.04. The van der Waals surface area contributed by atoms with Gasteiger partial charge in [-0.3, -0.25) is 4.90 Å². The van der Waals surface area contributed by atoms with E-state index < -0.39 is 0 Å². The van der Waals surface area contributed by atoms with Crippen molar-refractivity contribution in [1.82, 2.24) is 9.80 Å². The molecule has 1 rings (SSSR count). The van der Waals surface area contributed by atoms with Crippen LogP contribution in [0, 0.1) is 0 Å². The minimum Gasteiger partial charge on any atom is -0.385 e. The molecule has 0 saturated carbocycles. The minimum absolute atomic E-state index is 0.123. The van der Waals surface area contributed by atoms with Crippen LogP contribution in [0.4, 0.5) is 0 Å². The molecule has 2 N–H and O–H groups in total. The Balaban J connectivity index is 2.71. The number of nitrogens with two attached hydrogens (primary N) is 1. The zero-order valence-corrected chi connectivity index (χ0v) is 13.7. The number of piperidine rings is 1. The molecule has 1 heterocycles. The monoisotopic (exact) mass is 287 g/mol. The smallest absolute Gasteiger partial charge is 0.0589 e. The van der Waals surface area contributed by atoms with Gasteiger partial charge in [0.25, 0.3) is 0 Å². The molecule has 0 bridgehead atoms. The van der Waals surface area contributed by atoms with Crippen LogP contribution in [0.1, 0.15) is 26.2 Å². The molecule has 1 aliphatic rings. The molecule has 5 heteroatoms. The third kappa shape index (κ3) is 4.67. The van der Waals surface area contributed by atoms with Crippen molar-refractivity contribution in [3.8, 4) is 0 Å². The van der Waals surface area contributed by atoms with Crippen LogP contribution in [-0.4, -0.2) is 82.0 Å². The topological polar surface area (TPSA) is 51.0 Å². The van der Waals surface area contributed by atoms with Gasteiger partial charge in [0.1, 0.15) is 0 Å². The quantitative estimate of drug-likeness (QED) is 0.635. The van der Waals surface area contributed by atoms with Crippen molar-refractivity contribution in [3.05, 3.63) is 0 Å². The van der Waals surface area contributed by atoms with Gasteiger partial charge in [-0.25, -0.2) is 0 Å². The Hall–Kier alpha value is -0.200. The van der Waals surface area contributed by atoms with Crippen molar-refractivity contribution in [2.45, 2.75) is 37.8 Å². The lowest BCUT2D eigenvalue weighted by atomic mass is 9.82. The third-order valence-corrected chi connectivity index (χ3v) is 4.75. The SMILES string of the molecule is COCCCN(CCOC)C1(CN)CCN(C)C(C)C1. The molecule has 20 heavy (non-hydrogen) atoms. The van der Waals surface area contributed by atoms with Crippen LogP contribution in [0.15, 0.2) is 0 Å². The van der Waals surface area contributed by atoms with Crippen molar-refractivity contribution < 1.29 is 9.47 Å². The van der Waals surface area contributed by atoms with Crippen LogP contribution in [0.5, 0.6) is 0 Å². The van der Waals surface area contributed by atoms with E-state index >= 15 is 0 Å². The second kappa shape index (κ2) is 8.95. The number of methoxy groups -OCH3 is 2. The Bertz CT molecular complexity index is 266. The maximum absolute atomic E-state index is 6.19. The number of ether oxygens (including phenoxy) is 2. The van der Waals surface area contributed by atoms with Gasteiger partial charge in [-0.05, 0) is 39.8 Å². The van der Waals surface area contributed by atoms with Gasteiger partial charge in [0.2, 0.25) is 0 Å². The van der Waals surface area contributed by atoms with Crippen LogP contribution in [0.2, 0.25) is 0 Å². The summed E-state index contributed by atoms with van der Waals surface area (Å²) in [5.74, 6) is 0. The fourth-order valence-electron chi connectivity index (χ4n) is 3.20. The summed E-state index contributed by atoms with van der Waals surface area (Å²) in [6.07, 6.45) is 3.32. The van der Waals surface area contributed by atoms with E-state index in [9.17, 15) is 0 Å². The van der Waals surface area contributed by atoms with E-state index in [1.165, 1.54) is 0 Å². The van der Waals surface area contributed by atoms with Crippen molar-refractivity contribution in [3.63, 3.8) is 0 Å². The molecule has 0 aliphatic carbocycles. The normalized spacial score (nSPS) is 28.2. The zero-order valence-electron chi connectivity index (χ0n) is 13.7. The molecule has 0 amide bonds. The summed E-state index contributed by atoms with van der Waals surface area (Å²) < 4.78 is 10.5. The van der Waals surface area contributed by atoms with Crippen LogP contribution in [-0.2, 0) is 9.47 Å². The molecule has 5 nitrogen and oxygen atoms in total. The average molecular weight is 287 g/mol. The minimum atomic E-state index is 0.123. The molecule has 2 unspecified atom stereocenters. The van der Waals surface area contributed by atoms with Gasteiger partial charge in [0, 0.05) is 52.0 Å². The summed E-state index contributed by atoms with van der Waals surface area (Å²) in [5, 5.41) is 0. The molecule has 1 aliphatic heterocycles. The van der Waals surface area contributed by atoms with Gasteiger partial charge in [0.15, 0.2) is 0 Å².